The van der Waals surface area contributed by atoms with Gasteiger partial charge in [0.05, 0.1) is 12.7 Å². The fraction of sp³-hybridized carbons (Fsp3) is 0.263. The average Bonchev–Trinajstić information content (AvgIpc) is 2.63. The van der Waals surface area contributed by atoms with Gasteiger partial charge in [0.1, 0.15) is 11.6 Å². The van der Waals surface area contributed by atoms with Gasteiger partial charge in [-0.2, -0.15) is 0 Å². The predicted molar refractivity (Wildman–Crippen MR) is 91.0 cm³/mol. The molecule has 0 aliphatic heterocycles. The number of rotatable bonds is 7. The maximum atomic E-state index is 12.8. The number of benzene rings is 2. The molecule has 0 spiro atoms. The molecule has 2 aromatic rings. The zero-order valence-electron chi connectivity index (χ0n) is 14.1. The van der Waals surface area contributed by atoms with Gasteiger partial charge < -0.3 is 14.8 Å². The van der Waals surface area contributed by atoms with Gasteiger partial charge in [-0.1, -0.05) is 12.1 Å². The molecule has 1 N–H and O–H groups in total. The number of esters is 1. The van der Waals surface area contributed by atoms with Gasteiger partial charge in [0.15, 0.2) is 6.10 Å². The predicted octanol–water partition coefficient (Wildman–Crippen LogP) is 2.74. The minimum atomic E-state index is -0.914. The van der Waals surface area contributed by atoms with Crippen molar-refractivity contribution in [3.63, 3.8) is 0 Å². The van der Waals surface area contributed by atoms with Crippen LogP contribution in [0.2, 0.25) is 0 Å². The third-order valence-electron chi connectivity index (χ3n) is 3.60. The number of ether oxygens (including phenoxy) is 2. The maximum absolute atomic E-state index is 12.8. The van der Waals surface area contributed by atoms with Crippen LogP contribution in [-0.4, -0.2) is 31.6 Å². The van der Waals surface area contributed by atoms with Crippen molar-refractivity contribution in [2.24, 2.45) is 0 Å². The lowest BCUT2D eigenvalue weighted by atomic mass is 10.1. The molecule has 0 unspecified atom stereocenters. The molecular formula is C19H20FNO4. The lowest BCUT2D eigenvalue weighted by Crippen LogP contribution is -2.36. The van der Waals surface area contributed by atoms with Crippen molar-refractivity contribution in [2.75, 3.05) is 13.7 Å². The highest BCUT2D eigenvalue weighted by atomic mass is 19.1. The first-order chi connectivity index (χ1) is 12.0. The topological polar surface area (TPSA) is 64.6 Å². The Morgan fingerprint density at radius 3 is 2.32 bits per heavy atom. The van der Waals surface area contributed by atoms with Crippen molar-refractivity contribution < 1.29 is 23.5 Å². The summed E-state index contributed by atoms with van der Waals surface area (Å²) >= 11 is 0. The molecule has 5 nitrogen and oxygen atoms in total. The van der Waals surface area contributed by atoms with E-state index >= 15 is 0 Å². The first-order valence-corrected chi connectivity index (χ1v) is 7.87. The van der Waals surface area contributed by atoms with Crippen LogP contribution in [0.3, 0.4) is 0 Å². The summed E-state index contributed by atoms with van der Waals surface area (Å²) in [5.41, 5.74) is 1.25. The van der Waals surface area contributed by atoms with Crippen molar-refractivity contribution in [2.45, 2.75) is 19.4 Å². The van der Waals surface area contributed by atoms with Gasteiger partial charge in [-0.15, -0.1) is 0 Å². The first-order valence-electron chi connectivity index (χ1n) is 7.87. The van der Waals surface area contributed by atoms with E-state index in [4.69, 9.17) is 9.47 Å². The van der Waals surface area contributed by atoms with Gasteiger partial charge in [-0.05, 0) is 55.3 Å². The van der Waals surface area contributed by atoms with Gasteiger partial charge in [-0.25, -0.2) is 9.18 Å². The second-order valence-corrected chi connectivity index (χ2v) is 5.44. The Balaban J connectivity index is 1.78. The fourth-order valence-electron chi connectivity index (χ4n) is 2.13. The number of halogens is 1. The number of carbonyl (C=O) groups is 2. The Morgan fingerprint density at radius 2 is 1.72 bits per heavy atom. The van der Waals surface area contributed by atoms with E-state index in [9.17, 15) is 14.0 Å². The molecule has 0 radical (unpaired) electrons. The van der Waals surface area contributed by atoms with E-state index in [1.165, 1.54) is 26.2 Å². The second kappa shape index (κ2) is 8.82. The van der Waals surface area contributed by atoms with Crippen LogP contribution in [-0.2, 0) is 16.0 Å². The summed E-state index contributed by atoms with van der Waals surface area (Å²) in [5.74, 6) is -0.636. The van der Waals surface area contributed by atoms with Crippen molar-refractivity contribution in [3.05, 3.63) is 65.5 Å². The Kier molecular flexibility index (Phi) is 6.51. The molecule has 2 rings (SSSR count). The second-order valence-electron chi connectivity index (χ2n) is 5.44. The molecule has 0 aliphatic carbocycles. The Morgan fingerprint density at radius 1 is 1.08 bits per heavy atom. The summed E-state index contributed by atoms with van der Waals surface area (Å²) < 4.78 is 23.0. The highest BCUT2D eigenvalue weighted by molar-refractivity contribution is 5.92. The summed E-state index contributed by atoms with van der Waals surface area (Å²) in [4.78, 5) is 24.0. The zero-order chi connectivity index (χ0) is 18.2. The van der Waals surface area contributed by atoms with E-state index in [1.807, 2.05) is 0 Å². The number of methoxy groups -OCH3 is 1. The third-order valence-corrected chi connectivity index (χ3v) is 3.60. The maximum Gasteiger partial charge on any atom is 0.338 e. The molecule has 6 heteroatoms. The van der Waals surface area contributed by atoms with E-state index in [2.05, 4.69) is 5.32 Å². The molecule has 0 fully saturated rings. The average molecular weight is 345 g/mol. The monoisotopic (exact) mass is 345 g/mol. The van der Waals surface area contributed by atoms with E-state index < -0.39 is 12.1 Å². The molecular weight excluding hydrogens is 325 g/mol. The molecule has 0 saturated carbocycles. The van der Waals surface area contributed by atoms with Crippen LogP contribution >= 0.6 is 0 Å². The number of carbonyl (C=O) groups excluding carboxylic acids is 2. The molecule has 25 heavy (non-hydrogen) atoms. The molecule has 0 saturated heterocycles. The third kappa shape index (κ3) is 5.60. The summed E-state index contributed by atoms with van der Waals surface area (Å²) in [7, 11) is 1.53. The van der Waals surface area contributed by atoms with Crippen LogP contribution in [0.25, 0.3) is 0 Å². The van der Waals surface area contributed by atoms with Crippen LogP contribution < -0.4 is 10.1 Å². The lowest BCUT2D eigenvalue weighted by molar-refractivity contribution is -0.129. The summed E-state index contributed by atoms with van der Waals surface area (Å²) in [6, 6.07) is 12.5. The van der Waals surface area contributed by atoms with E-state index in [0.717, 1.165) is 5.56 Å². The van der Waals surface area contributed by atoms with Crippen molar-refractivity contribution in [1.29, 1.82) is 0 Å². The quantitative estimate of drug-likeness (QED) is 0.784. The minimum Gasteiger partial charge on any atom is -0.497 e. The molecule has 2 aromatic carbocycles. The van der Waals surface area contributed by atoms with Crippen molar-refractivity contribution in [1.82, 2.24) is 5.32 Å². The zero-order valence-corrected chi connectivity index (χ0v) is 14.1. The SMILES string of the molecule is COc1ccc(C(=O)O[C@@H](C)C(=O)NCCc2ccc(F)cc2)cc1. The number of amides is 1. The Labute approximate surface area is 145 Å². The summed E-state index contributed by atoms with van der Waals surface area (Å²) in [6.07, 6.45) is -0.353. The fourth-order valence-corrected chi connectivity index (χ4v) is 2.13. The Hall–Kier alpha value is -2.89. The Bertz CT molecular complexity index is 713. The highest BCUT2D eigenvalue weighted by Gasteiger charge is 2.18. The molecule has 0 aliphatic rings. The largest absolute Gasteiger partial charge is 0.497 e. The molecule has 1 atom stereocenters. The molecule has 0 aromatic heterocycles. The van der Waals surface area contributed by atoms with E-state index in [-0.39, 0.29) is 11.7 Å². The summed E-state index contributed by atoms with van der Waals surface area (Å²) in [6.45, 7) is 1.88. The van der Waals surface area contributed by atoms with Crippen LogP contribution in [0, 0.1) is 5.82 Å². The number of hydrogen-bond acceptors (Lipinski definition) is 4. The van der Waals surface area contributed by atoms with Crippen LogP contribution in [0.1, 0.15) is 22.8 Å². The number of nitrogens with one attached hydrogen (secondary N) is 1. The standard InChI is InChI=1S/C19H20FNO4/c1-13(25-19(23)15-5-9-17(24-2)10-6-15)18(22)21-12-11-14-3-7-16(20)8-4-14/h3-10,13H,11-12H2,1-2H3,(H,21,22)/t13-/m0/s1. The normalized spacial score (nSPS) is 11.5. The van der Waals surface area contributed by atoms with Crippen LogP contribution in [0.15, 0.2) is 48.5 Å². The van der Waals surface area contributed by atoms with Gasteiger partial charge >= 0.3 is 5.97 Å². The van der Waals surface area contributed by atoms with E-state index in [1.54, 1.807) is 36.4 Å². The molecule has 0 bridgehead atoms. The summed E-state index contributed by atoms with van der Waals surface area (Å²) in [5, 5.41) is 2.69. The molecule has 1 amide bonds. The smallest absolute Gasteiger partial charge is 0.338 e. The van der Waals surface area contributed by atoms with Gasteiger partial charge in [-0.3, -0.25) is 4.79 Å². The van der Waals surface area contributed by atoms with Gasteiger partial charge in [0.2, 0.25) is 0 Å². The van der Waals surface area contributed by atoms with Gasteiger partial charge in [0.25, 0.3) is 5.91 Å². The molecule has 0 heterocycles. The lowest BCUT2D eigenvalue weighted by Gasteiger charge is -2.13. The first kappa shape index (κ1) is 18.4. The highest BCUT2D eigenvalue weighted by Crippen LogP contribution is 2.12. The van der Waals surface area contributed by atoms with Crippen molar-refractivity contribution >= 4 is 11.9 Å². The molecule has 132 valence electrons. The van der Waals surface area contributed by atoms with Crippen LogP contribution in [0.5, 0.6) is 5.75 Å². The van der Waals surface area contributed by atoms with Crippen molar-refractivity contribution in [3.8, 4) is 5.75 Å². The number of hydrogen-bond donors (Lipinski definition) is 1. The minimum absolute atomic E-state index is 0.299. The van der Waals surface area contributed by atoms with Gasteiger partial charge in [0, 0.05) is 6.54 Å². The van der Waals surface area contributed by atoms with Crippen LogP contribution in [0.4, 0.5) is 4.39 Å². The van der Waals surface area contributed by atoms with E-state index in [0.29, 0.717) is 24.3 Å².